The van der Waals surface area contributed by atoms with Crippen molar-refractivity contribution in [3.63, 3.8) is 0 Å². The van der Waals surface area contributed by atoms with Crippen LogP contribution < -0.4 is 11.1 Å². The van der Waals surface area contributed by atoms with E-state index in [0.29, 0.717) is 5.56 Å². The summed E-state index contributed by atoms with van der Waals surface area (Å²) in [5.74, 6) is -0.327. The molecule has 0 fully saturated rings. The normalized spacial score (nSPS) is 13.4. The van der Waals surface area contributed by atoms with E-state index in [1.54, 1.807) is 38.2 Å². The highest BCUT2D eigenvalue weighted by atomic mass is 16.3. The maximum absolute atomic E-state index is 12.3. The summed E-state index contributed by atoms with van der Waals surface area (Å²) >= 11 is 0. The van der Waals surface area contributed by atoms with Crippen LogP contribution in [0.2, 0.25) is 0 Å². The van der Waals surface area contributed by atoms with Crippen LogP contribution in [0, 0.1) is 0 Å². The highest BCUT2D eigenvalue weighted by molar-refractivity contribution is 5.87. The van der Waals surface area contributed by atoms with Crippen LogP contribution in [0.3, 0.4) is 0 Å². The zero-order chi connectivity index (χ0) is 14.4. The average molecular weight is 265 g/mol. The minimum atomic E-state index is -0.849. The summed E-state index contributed by atoms with van der Waals surface area (Å²) in [6.45, 7) is 1.56. The first-order chi connectivity index (χ1) is 8.97. The highest BCUT2D eigenvalue weighted by Gasteiger charge is 2.27. The number of carbonyl (C=O) groups excluding carboxylic acids is 2. The summed E-state index contributed by atoms with van der Waals surface area (Å²) in [5.41, 5.74) is 5.75. The quantitative estimate of drug-likeness (QED) is 0.711. The molecular weight excluding hydrogens is 246 g/mol. The third-order valence-electron chi connectivity index (χ3n) is 2.94. The van der Waals surface area contributed by atoms with E-state index in [0.717, 1.165) is 0 Å². The fourth-order valence-electron chi connectivity index (χ4n) is 1.62. The monoisotopic (exact) mass is 265 g/mol. The number of carbonyl (C=O) groups is 2. The van der Waals surface area contributed by atoms with E-state index in [2.05, 4.69) is 5.32 Å². The van der Waals surface area contributed by atoms with E-state index < -0.39 is 12.1 Å². The molecule has 1 aromatic rings. The second-order valence-corrected chi connectivity index (χ2v) is 4.33. The molecule has 0 bridgehead atoms. The minimum Gasteiger partial charge on any atom is -0.394 e. The Bertz CT molecular complexity index is 436. The van der Waals surface area contributed by atoms with Gasteiger partial charge in [0.2, 0.25) is 5.91 Å². The van der Waals surface area contributed by atoms with Gasteiger partial charge < -0.3 is 21.1 Å². The van der Waals surface area contributed by atoms with Crippen LogP contribution in [0.15, 0.2) is 30.3 Å². The lowest BCUT2D eigenvalue weighted by Gasteiger charge is -2.28. The molecule has 0 saturated carbocycles. The van der Waals surface area contributed by atoms with Crippen LogP contribution in [0.25, 0.3) is 0 Å². The van der Waals surface area contributed by atoms with Crippen molar-refractivity contribution < 1.29 is 14.7 Å². The fourth-order valence-corrected chi connectivity index (χ4v) is 1.62. The van der Waals surface area contributed by atoms with Gasteiger partial charge in [-0.1, -0.05) is 30.3 Å². The van der Waals surface area contributed by atoms with Gasteiger partial charge in [-0.25, -0.2) is 4.79 Å². The molecule has 6 heteroatoms. The molecule has 0 saturated heterocycles. The molecule has 19 heavy (non-hydrogen) atoms. The van der Waals surface area contributed by atoms with E-state index in [-0.39, 0.29) is 18.6 Å². The molecular formula is C13H19N3O3. The molecule has 3 amide bonds. The molecule has 1 rings (SSSR count). The molecule has 0 radical (unpaired) electrons. The molecule has 1 aromatic carbocycles. The largest absolute Gasteiger partial charge is 0.394 e. The maximum Gasteiger partial charge on any atom is 0.313 e. The molecule has 2 atom stereocenters. The number of rotatable bonds is 5. The van der Waals surface area contributed by atoms with Gasteiger partial charge in [-0.3, -0.25) is 4.79 Å². The molecule has 0 aliphatic heterocycles. The lowest BCUT2D eigenvalue weighted by molar-refractivity contribution is -0.134. The van der Waals surface area contributed by atoms with Gasteiger partial charge in [-0.2, -0.15) is 0 Å². The van der Waals surface area contributed by atoms with Crippen molar-refractivity contribution in [1.82, 2.24) is 10.2 Å². The molecule has 0 aromatic heterocycles. The number of amides is 3. The number of likely N-dealkylation sites (N-methyl/N-ethyl adjacent to an activating group) is 1. The van der Waals surface area contributed by atoms with Gasteiger partial charge >= 0.3 is 6.03 Å². The first kappa shape index (κ1) is 15.0. The SMILES string of the molecule is CC(CO)N(C)C(=O)C(NC(N)=O)c1ccccc1. The number of hydrogen-bond donors (Lipinski definition) is 3. The zero-order valence-corrected chi connectivity index (χ0v) is 11.0. The molecule has 0 heterocycles. The number of nitrogens with two attached hydrogens (primary N) is 1. The Kier molecular flexibility index (Phi) is 5.32. The lowest BCUT2D eigenvalue weighted by Crippen LogP contribution is -2.46. The van der Waals surface area contributed by atoms with Crippen molar-refractivity contribution in [2.24, 2.45) is 5.73 Å². The lowest BCUT2D eigenvalue weighted by atomic mass is 10.1. The number of hydrogen-bond acceptors (Lipinski definition) is 3. The van der Waals surface area contributed by atoms with Gasteiger partial charge in [-0.15, -0.1) is 0 Å². The average Bonchev–Trinajstić information content (AvgIpc) is 2.43. The van der Waals surface area contributed by atoms with Gasteiger partial charge in [-0.05, 0) is 12.5 Å². The predicted molar refractivity (Wildman–Crippen MR) is 71.2 cm³/mol. The number of aliphatic hydroxyl groups excluding tert-OH is 1. The Labute approximate surface area is 112 Å². The van der Waals surface area contributed by atoms with Gasteiger partial charge in [0, 0.05) is 7.05 Å². The van der Waals surface area contributed by atoms with Crippen molar-refractivity contribution in [2.45, 2.75) is 19.0 Å². The highest BCUT2D eigenvalue weighted by Crippen LogP contribution is 2.16. The predicted octanol–water partition coefficient (Wildman–Crippen LogP) is 0.235. The van der Waals surface area contributed by atoms with Crippen molar-refractivity contribution >= 4 is 11.9 Å². The summed E-state index contributed by atoms with van der Waals surface area (Å²) in [6.07, 6.45) is 0. The fraction of sp³-hybridized carbons (Fsp3) is 0.385. The Hall–Kier alpha value is -2.08. The van der Waals surface area contributed by atoms with Gasteiger partial charge in [0.25, 0.3) is 0 Å². The van der Waals surface area contributed by atoms with Crippen LogP contribution in [0.1, 0.15) is 18.5 Å². The topological polar surface area (TPSA) is 95.7 Å². The number of benzene rings is 1. The van der Waals surface area contributed by atoms with Crippen LogP contribution in [0.4, 0.5) is 4.79 Å². The number of primary amides is 1. The number of nitrogens with zero attached hydrogens (tertiary/aromatic N) is 1. The number of nitrogens with one attached hydrogen (secondary N) is 1. The van der Waals surface area contributed by atoms with Crippen LogP contribution in [-0.2, 0) is 4.79 Å². The number of aliphatic hydroxyl groups is 1. The zero-order valence-electron chi connectivity index (χ0n) is 11.0. The van der Waals surface area contributed by atoms with Crippen LogP contribution in [0.5, 0.6) is 0 Å². The van der Waals surface area contributed by atoms with E-state index in [1.165, 1.54) is 4.90 Å². The second kappa shape index (κ2) is 6.75. The summed E-state index contributed by atoms with van der Waals surface area (Å²) < 4.78 is 0. The number of urea groups is 1. The Morgan fingerprint density at radius 2 is 1.95 bits per heavy atom. The van der Waals surface area contributed by atoms with Gasteiger partial charge in [0.05, 0.1) is 12.6 Å². The summed E-state index contributed by atoms with van der Waals surface area (Å²) in [5, 5.41) is 11.5. The van der Waals surface area contributed by atoms with E-state index in [1.807, 2.05) is 6.07 Å². The maximum atomic E-state index is 12.3. The van der Waals surface area contributed by atoms with Crippen molar-refractivity contribution in [1.29, 1.82) is 0 Å². The smallest absolute Gasteiger partial charge is 0.313 e. The second-order valence-electron chi connectivity index (χ2n) is 4.33. The minimum absolute atomic E-state index is 0.152. The Morgan fingerprint density at radius 1 is 1.37 bits per heavy atom. The van der Waals surface area contributed by atoms with Crippen molar-refractivity contribution in [3.8, 4) is 0 Å². The van der Waals surface area contributed by atoms with Gasteiger partial charge in [0.15, 0.2) is 0 Å². The van der Waals surface area contributed by atoms with E-state index in [4.69, 9.17) is 10.8 Å². The molecule has 0 aliphatic carbocycles. The first-order valence-electron chi connectivity index (χ1n) is 5.95. The summed E-state index contributed by atoms with van der Waals surface area (Å²) in [7, 11) is 1.57. The Balaban J connectivity index is 2.98. The Morgan fingerprint density at radius 3 is 2.42 bits per heavy atom. The van der Waals surface area contributed by atoms with Crippen molar-refractivity contribution in [2.75, 3.05) is 13.7 Å². The molecule has 0 aliphatic rings. The van der Waals surface area contributed by atoms with E-state index >= 15 is 0 Å². The molecule has 104 valence electrons. The van der Waals surface area contributed by atoms with Gasteiger partial charge in [0.1, 0.15) is 6.04 Å². The van der Waals surface area contributed by atoms with E-state index in [9.17, 15) is 9.59 Å². The standard InChI is InChI=1S/C13H19N3O3/c1-9(8-17)16(2)12(18)11(15-13(14)19)10-6-4-3-5-7-10/h3-7,9,11,17H,8H2,1-2H3,(H3,14,15,19). The summed E-state index contributed by atoms with van der Waals surface area (Å²) in [6, 6.07) is 6.86. The van der Waals surface area contributed by atoms with Crippen LogP contribution in [-0.4, -0.2) is 41.6 Å². The third kappa shape index (κ3) is 3.96. The molecule has 4 N–H and O–H groups in total. The molecule has 6 nitrogen and oxygen atoms in total. The van der Waals surface area contributed by atoms with Crippen molar-refractivity contribution in [3.05, 3.63) is 35.9 Å². The summed E-state index contributed by atoms with van der Waals surface area (Å²) in [4.78, 5) is 24.7. The molecule has 0 spiro atoms. The molecule has 2 unspecified atom stereocenters. The van der Waals surface area contributed by atoms with Crippen LogP contribution >= 0.6 is 0 Å². The third-order valence-corrected chi connectivity index (χ3v) is 2.94. The first-order valence-corrected chi connectivity index (χ1v) is 5.95.